The Morgan fingerprint density at radius 3 is 2.13 bits per heavy atom. The van der Waals surface area contributed by atoms with E-state index in [-0.39, 0.29) is 19.4 Å². The second-order valence-electron chi connectivity index (χ2n) is 7.76. The number of amides is 1. The lowest BCUT2D eigenvalue weighted by molar-refractivity contribution is -0.145. The van der Waals surface area contributed by atoms with Gasteiger partial charge in [0.2, 0.25) is 0 Å². The zero-order valence-corrected chi connectivity index (χ0v) is 17.3. The Morgan fingerprint density at radius 1 is 1.10 bits per heavy atom. The molecular weight excluding hydrogens is 431 g/mol. The third-order valence-electron chi connectivity index (χ3n) is 4.18. The van der Waals surface area contributed by atoms with Gasteiger partial charge in [0, 0.05) is 0 Å². The molecule has 1 aliphatic rings. The van der Waals surface area contributed by atoms with E-state index in [1.54, 1.807) is 20.8 Å². The summed E-state index contributed by atoms with van der Waals surface area (Å²) >= 11 is 0. The molecule has 1 aromatic carbocycles. The second kappa shape index (κ2) is 8.42. The smallest absolute Gasteiger partial charge is 0.416 e. The molecule has 1 fully saturated rings. The van der Waals surface area contributed by atoms with E-state index < -0.39 is 56.6 Å². The van der Waals surface area contributed by atoms with Crippen molar-refractivity contribution in [3.63, 3.8) is 0 Å². The SMILES string of the molecule is CC(C)(C)OC(=O)N1C[C@@H](OS(=O)(=O)c2ccc(C(F)(F)F)cc2)CC[C@H]1C(=O)O. The number of aliphatic carboxylic acids is 1. The van der Waals surface area contributed by atoms with Gasteiger partial charge in [0.1, 0.15) is 11.6 Å². The number of rotatable bonds is 4. The van der Waals surface area contributed by atoms with Crippen LogP contribution in [-0.2, 0) is 30.0 Å². The number of carboxylic acid groups (broad SMARTS) is 1. The number of carbonyl (C=O) groups is 2. The standard InChI is InChI=1S/C18H22F3NO7S/c1-17(2,3)28-16(25)22-10-12(6-9-14(22)15(23)24)29-30(26,27)13-7-4-11(5-8-13)18(19,20)21/h4-5,7-8,12,14H,6,9-10H2,1-3H3,(H,23,24)/t12-,14-/m0/s1. The summed E-state index contributed by atoms with van der Waals surface area (Å²) in [6.45, 7) is 4.40. The van der Waals surface area contributed by atoms with Gasteiger partial charge in [-0.1, -0.05) is 0 Å². The molecule has 1 saturated heterocycles. The van der Waals surface area contributed by atoms with Gasteiger partial charge in [0.15, 0.2) is 0 Å². The molecule has 0 radical (unpaired) electrons. The van der Waals surface area contributed by atoms with E-state index in [0.29, 0.717) is 12.1 Å². The fourth-order valence-corrected chi connectivity index (χ4v) is 3.94. The van der Waals surface area contributed by atoms with E-state index >= 15 is 0 Å². The molecule has 30 heavy (non-hydrogen) atoms. The Balaban J connectivity index is 2.17. The molecule has 2 rings (SSSR count). The van der Waals surface area contributed by atoms with Crippen molar-refractivity contribution in [2.75, 3.05) is 6.54 Å². The van der Waals surface area contributed by atoms with E-state index in [2.05, 4.69) is 0 Å². The van der Waals surface area contributed by atoms with Crippen molar-refractivity contribution in [3.05, 3.63) is 29.8 Å². The van der Waals surface area contributed by atoms with Crippen molar-refractivity contribution in [1.29, 1.82) is 0 Å². The van der Waals surface area contributed by atoms with Gasteiger partial charge in [0.25, 0.3) is 10.1 Å². The minimum Gasteiger partial charge on any atom is -0.480 e. The van der Waals surface area contributed by atoms with Crippen LogP contribution in [-0.4, -0.2) is 54.8 Å². The minimum absolute atomic E-state index is 0.0100. The van der Waals surface area contributed by atoms with Gasteiger partial charge in [-0.05, 0) is 57.9 Å². The Bertz CT molecular complexity index is 892. The fourth-order valence-electron chi connectivity index (χ4n) is 2.84. The van der Waals surface area contributed by atoms with Crippen LogP contribution in [0.1, 0.15) is 39.2 Å². The molecule has 0 saturated carbocycles. The average molecular weight is 453 g/mol. The topological polar surface area (TPSA) is 110 Å². The highest BCUT2D eigenvalue weighted by atomic mass is 32.2. The average Bonchev–Trinajstić information content (AvgIpc) is 2.59. The summed E-state index contributed by atoms with van der Waals surface area (Å²) in [5, 5.41) is 9.34. The number of halogens is 3. The summed E-state index contributed by atoms with van der Waals surface area (Å²) < 4.78 is 73.1. The third kappa shape index (κ3) is 6.08. The van der Waals surface area contributed by atoms with Gasteiger partial charge < -0.3 is 9.84 Å². The number of carbonyl (C=O) groups excluding carboxylic acids is 1. The maximum Gasteiger partial charge on any atom is 0.416 e. The van der Waals surface area contributed by atoms with Gasteiger partial charge in [-0.2, -0.15) is 21.6 Å². The largest absolute Gasteiger partial charge is 0.480 e. The summed E-state index contributed by atoms with van der Waals surface area (Å²) in [5.41, 5.74) is -1.92. The third-order valence-corrected chi connectivity index (χ3v) is 5.56. The lowest BCUT2D eigenvalue weighted by Gasteiger charge is -2.37. The lowest BCUT2D eigenvalue weighted by atomic mass is 10.0. The summed E-state index contributed by atoms with van der Waals surface area (Å²) in [7, 11) is -4.44. The molecule has 1 amide bonds. The van der Waals surface area contributed by atoms with Crippen LogP contribution in [0.5, 0.6) is 0 Å². The van der Waals surface area contributed by atoms with Crippen LogP contribution < -0.4 is 0 Å². The van der Waals surface area contributed by atoms with E-state index in [4.69, 9.17) is 8.92 Å². The Morgan fingerprint density at radius 2 is 1.67 bits per heavy atom. The van der Waals surface area contributed by atoms with E-state index in [1.165, 1.54) is 0 Å². The van der Waals surface area contributed by atoms with Crippen molar-refractivity contribution in [1.82, 2.24) is 4.90 Å². The van der Waals surface area contributed by atoms with Crippen molar-refractivity contribution in [2.45, 2.75) is 62.4 Å². The van der Waals surface area contributed by atoms with Crippen LogP contribution >= 0.6 is 0 Å². The van der Waals surface area contributed by atoms with E-state index in [0.717, 1.165) is 17.0 Å². The Labute approximate surface area is 171 Å². The predicted molar refractivity (Wildman–Crippen MR) is 97.1 cm³/mol. The number of carboxylic acids is 1. The van der Waals surface area contributed by atoms with Gasteiger partial charge >= 0.3 is 18.2 Å². The van der Waals surface area contributed by atoms with Gasteiger partial charge in [-0.3, -0.25) is 9.08 Å². The molecule has 0 unspecified atom stereocenters. The Hall–Kier alpha value is -2.34. The van der Waals surface area contributed by atoms with Crippen molar-refractivity contribution in [2.24, 2.45) is 0 Å². The zero-order valence-electron chi connectivity index (χ0n) is 16.5. The van der Waals surface area contributed by atoms with Gasteiger partial charge in [-0.25, -0.2) is 9.59 Å². The molecule has 12 heteroatoms. The molecule has 0 bridgehead atoms. The van der Waals surface area contributed by atoms with Crippen LogP contribution in [0.2, 0.25) is 0 Å². The summed E-state index contributed by atoms with van der Waals surface area (Å²) in [5.74, 6) is -1.27. The van der Waals surface area contributed by atoms with Gasteiger partial charge in [-0.15, -0.1) is 0 Å². The number of ether oxygens (including phenoxy) is 1. The second-order valence-corrected chi connectivity index (χ2v) is 9.33. The number of nitrogens with zero attached hydrogens (tertiary/aromatic N) is 1. The maximum atomic E-state index is 12.6. The lowest BCUT2D eigenvalue weighted by Crippen LogP contribution is -2.54. The normalized spacial score (nSPS) is 20.7. The number of alkyl halides is 3. The van der Waals surface area contributed by atoms with Crippen LogP contribution in [0.25, 0.3) is 0 Å². The van der Waals surface area contributed by atoms with Crippen LogP contribution in [0.3, 0.4) is 0 Å². The highest BCUT2D eigenvalue weighted by Gasteiger charge is 2.40. The van der Waals surface area contributed by atoms with Crippen LogP contribution in [0, 0.1) is 0 Å². The van der Waals surface area contributed by atoms with Crippen molar-refractivity contribution >= 4 is 22.2 Å². The monoisotopic (exact) mass is 453 g/mol. The number of benzene rings is 1. The number of likely N-dealkylation sites (tertiary alicyclic amines) is 1. The number of hydrogen-bond donors (Lipinski definition) is 1. The molecule has 1 heterocycles. The number of hydrogen-bond acceptors (Lipinski definition) is 6. The van der Waals surface area contributed by atoms with Crippen LogP contribution in [0.4, 0.5) is 18.0 Å². The number of piperidine rings is 1. The fraction of sp³-hybridized carbons (Fsp3) is 0.556. The highest BCUT2D eigenvalue weighted by Crippen LogP contribution is 2.31. The molecular formula is C18H22F3NO7S. The van der Waals surface area contributed by atoms with Crippen molar-refractivity contribution < 1.29 is 45.2 Å². The molecule has 1 aliphatic heterocycles. The minimum atomic E-state index is -4.62. The summed E-state index contributed by atoms with van der Waals surface area (Å²) in [6, 6.07) is 1.56. The first kappa shape index (κ1) is 23.9. The van der Waals surface area contributed by atoms with Gasteiger partial charge in [0.05, 0.1) is 23.1 Å². The first-order valence-electron chi connectivity index (χ1n) is 8.93. The maximum absolute atomic E-state index is 12.6. The first-order valence-corrected chi connectivity index (χ1v) is 10.3. The summed E-state index contributed by atoms with van der Waals surface area (Å²) in [6.07, 6.45) is -6.71. The zero-order chi connectivity index (χ0) is 22.9. The molecule has 0 spiro atoms. The molecule has 1 N–H and O–H groups in total. The quantitative estimate of drug-likeness (QED) is 0.697. The summed E-state index contributed by atoms with van der Waals surface area (Å²) in [4.78, 5) is 24.2. The van der Waals surface area contributed by atoms with Crippen LogP contribution in [0.15, 0.2) is 29.2 Å². The molecule has 0 aliphatic carbocycles. The predicted octanol–water partition coefficient (Wildman–Crippen LogP) is 3.26. The van der Waals surface area contributed by atoms with E-state index in [1.807, 2.05) is 0 Å². The molecule has 0 aromatic heterocycles. The first-order chi connectivity index (χ1) is 13.6. The molecule has 168 valence electrons. The Kier molecular flexibility index (Phi) is 6.72. The molecule has 1 aromatic rings. The van der Waals surface area contributed by atoms with Crippen molar-refractivity contribution in [3.8, 4) is 0 Å². The molecule has 2 atom stereocenters. The molecule has 8 nitrogen and oxygen atoms in total. The highest BCUT2D eigenvalue weighted by molar-refractivity contribution is 7.86. The van der Waals surface area contributed by atoms with E-state index in [9.17, 15) is 36.3 Å².